The van der Waals surface area contributed by atoms with Crippen molar-refractivity contribution >= 4 is 22.7 Å². The molecule has 0 radical (unpaired) electrons. The van der Waals surface area contributed by atoms with Gasteiger partial charge in [-0.2, -0.15) is 0 Å². The molecule has 0 saturated heterocycles. The van der Waals surface area contributed by atoms with Gasteiger partial charge in [0.05, 0.1) is 5.69 Å². The summed E-state index contributed by atoms with van der Waals surface area (Å²) in [5.74, 6) is 0. The monoisotopic (exact) mass is 306 g/mol. The summed E-state index contributed by atoms with van der Waals surface area (Å²) in [5, 5.41) is 0. The molecular formula is C15H19BrN2. The Labute approximate surface area is 119 Å². The Morgan fingerprint density at radius 3 is 2.11 bits per heavy atom. The van der Waals surface area contributed by atoms with Crippen LogP contribution in [0.5, 0.6) is 0 Å². The predicted molar refractivity (Wildman–Crippen MR) is 83.6 cm³/mol. The molecule has 0 aliphatic heterocycles. The third kappa shape index (κ3) is 3.33. The van der Waals surface area contributed by atoms with Crippen molar-refractivity contribution < 1.29 is 0 Å². The minimum absolute atomic E-state index is 0. The minimum Gasteiger partial charge on any atom is -0.372 e. The number of pyridine rings is 1. The van der Waals surface area contributed by atoms with Crippen LogP contribution in [0.15, 0.2) is 48.7 Å². The van der Waals surface area contributed by atoms with Crippen molar-refractivity contribution in [1.82, 2.24) is 4.98 Å². The van der Waals surface area contributed by atoms with Gasteiger partial charge in [-0.05, 0) is 38.1 Å². The predicted octanol–water partition coefficient (Wildman–Crippen LogP) is 4.17. The standard InChI is InChI=1S/C15H18N2.BrH/c1-3-17(4-2)14-10-8-13(9-11-14)15-7-5-6-12-16-15;/h5-12H,3-4H2,1-2H3;1H. The van der Waals surface area contributed by atoms with Gasteiger partial charge in [0.2, 0.25) is 0 Å². The number of hydrogen-bond acceptors (Lipinski definition) is 2. The summed E-state index contributed by atoms with van der Waals surface area (Å²) >= 11 is 0. The van der Waals surface area contributed by atoms with Gasteiger partial charge in [-0.1, -0.05) is 18.2 Å². The maximum Gasteiger partial charge on any atom is 0.0701 e. The van der Waals surface area contributed by atoms with E-state index in [1.165, 1.54) is 11.3 Å². The van der Waals surface area contributed by atoms with Crippen LogP contribution >= 0.6 is 17.0 Å². The first-order valence-electron chi connectivity index (χ1n) is 6.11. The largest absolute Gasteiger partial charge is 0.372 e. The van der Waals surface area contributed by atoms with Gasteiger partial charge in [0.15, 0.2) is 0 Å². The van der Waals surface area contributed by atoms with Crippen molar-refractivity contribution in [2.75, 3.05) is 18.0 Å². The van der Waals surface area contributed by atoms with Crippen LogP contribution < -0.4 is 4.90 Å². The topological polar surface area (TPSA) is 16.1 Å². The summed E-state index contributed by atoms with van der Waals surface area (Å²) in [7, 11) is 0. The second-order valence-electron chi connectivity index (χ2n) is 3.93. The van der Waals surface area contributed by atoms with Crippen LogP contribution in [0.25, 0.3) is 11.3 Å². The normalized spacial score (nSPS) is 9.67. The van der Waals surface area contributed by atoms with Gasteiger partial charge >= 0.3 is 0 Å². The van der Waals surface area contributed by atoms with E-state index in [0.29, 0.717) is 0 Å². The lowest BCUT2D eigenvalue weighted by Gasteiger charge is -2.21. The van der Waals surface area contributed by atoms with Crippen LogP contribution in [-0.2, 0) is 0 Å². The number of rotatable bonds is 4. The van der Waals surface area contributed by atoms with E-state index >= 15 is 0 Å². The zero-order valence-corrected chi connectivity index (χ0v) is 12.5. The van der Waals surface area contributed by atoms with Gasteiger partial charge in [-0.3, -0.25) is 4.98 Å². The van der Waals surface area contributed by atoms with Gasteiger partial charge in [0.25, 0.3) is 0 Å². The molecule has 0 amide bonds. The van der Waals surface area contributed by atoms with Crippen molar-refractivity contribution in [3.8, 4) is 11.3 Å². The Balaban J connectivity index is 0.00000162. The molecule has 96 valence electrons. The minimum atomic E-state index is 0. The number of nitrogens with zero attached hydrogens (tertiary/aromatic N) is 2. The zero-order chi connectivity index (χ0) is 12.1. The lowest BCUT2D eigenvalue weighted by molar-refractivity contribution is 0.866. The average molecular weight is 307 g/mol. The molecule has 0 aliphatic carbocycles. The SMILES string of the molecule is Br.CCN(CC)c1ccc(-c2ccccn2)cc1. The van der Waals surface area contributed by atoms with Crippen LogP contribution in [-0.4, -0.2) is 18.1 Å². The molecule has 0 bridgehead atoms. The molecular weight excluding hydrogens is 288 g/mol. The highest BCUT2D eigenvalue weighted by Gasteiger charge is 2.02. The second-order valence-corrected chi connectivity index (χ2v) is 3.93. The fourth-order valence-electron chi connectivity index (χ4n) is 1.97. The molecule has 2 rings (SSSR count). The summed E-state index contributed by atoms with van der Waals surface area (Å²) in [6, 6.07) is 14.6. The highest BCUT2D eigenvalue weighted by molar-refractivity contribution is 8.93. The van der Waals surface area contributed by atoms with Crippen molar-refractivity contribution in [1.29, 1.82) is 0 Å². The van der Waals surface area contributed by atoms with Crippen LogP contribution in [0, 0.1) is 0 Å². The first-order chi connectivity index (χ1) is 8.35. The van der Waals surface area contributed by atoms with E-state index in [-0.39, 0.29) is 17.0 Å². The average Bonchev–Trinajstić information content (AvgIpc) is 2.42. The smallest absolute Gasteiger partial charge is 0.0701 e. The van der Waals surface area contributed by atoms with Crippen LogP contribution in [0.2, 0.25) is 0 Å². The number of anilines is 1. The Kier molecular flexibility index (Phi) is 5.86. The Morgan fingerprint density at radius 1 is 0.944 bits per heavy atom. The van der Waals surface area contributed by atoms with Crippen molar-refractivity contribution in [2.45, 2.75) is 13.8 Å². The fraction of sp³-hybridized carbons (Fsp3) is 0.267. The van der Waals surface area contributed by atoms with E-state index in [2.05, 4.69) is 48.0 Å². The molecule has 1 aromatic heterocycles. The molecule has 0 saturated carbocycles. The van der Waals surface area contributed by atoms with Gasteiger partial charge in [-0.25, -0.2) is 0 Å². The highest BCUT2D eigenvalue weighted by atomic mass is 79.9. The molecule has 0 spiro atoms. The summed E-state index contributed by atoms with van der Waals surface area (Å²) in [6.45, 7) is 6.44. The van der Waals surface area contributed by atoms with E-state index in [9.17, 15) is 0 Å². The van der Waals surface area contributed by atoms with Gasteiger partial charge in [0, 0.05) is 30.5 Å². The summed E-state index contributed by atoms with van der Waals surface area (Å²) in [4.78, 5) is 6.69. The van der Waals surface area contributed by atoms with Crippen LogP contribution in [0.4, 0.5) is 5.69 Å². The summed E-state index contributed by atoms with van der Waals surface area (Å²) in [5.41, 5.74) is 3.47. The third-order valence-electron chi connectivity index (χ3n) is 2.96. The molecule has 3 heteroatoms. The van der Waals surface area contributed by atoms with Crippen molar-refractivity contribution in [3.63, 3.8) is 0 Å². The van der Waals surface area contributed by atoms with Crippen LogP contribution in [0.1, 0.15) is 13.8 Å². The quantitative estimate of drug-likeness (QED) is 0.842. The molecule has 0 N–H and O–H groups in total. The van der Waals surface area contributed by atoms with Gasteiger partial charge in [-0.15, -0.1) is 17.0 Å². The molecule has 2 nitrogen and oxygen atoms in total. The second kappa shape index (κ2) is 7.17. The lowest BCUT2D eigenvalue weighted by Crippen LogP contribution is -2.21. The molecule has 0 fully saturated rings. The molecule has 0 unspecified atom stereocenters. The van der Waals surface area contributed by atoms with Crippen molar-refractivity contribution in [3.05, 3.63) is 48.7 Å². The van der Waals surface area contributed by atoms with E-state index < -0.39 is 0 Å². The number of halogens is 1. The maximum absolute atomic E-state index is 4.35. The Hall–Kier alpha value is -1.35. The Morgan fingerprint density at radius 2 is 1.61 bits per heavy atom. The Bertz CT molecular complexity index is 450. The summed E-state index contributed by atoms with van der Waals surface area (Å²) < 4.78 is 0. The lowest BCUT2D eigenvalue weighted by atomic mass is 10.1. The number of hydrogen-bond donors (Lipinski definition) is 0. The van der Waals surface area contributed by atoms with Gasteiger partial charge < -0.3 is 4.90 Å². The first-order valence-corrected chi connectivity index (χ1v) is 6.11. The van der Waals surface area contributed by atoms with E-state index in [0.717, 1.165) is 18.8 Å². The van der Waals surface area contributed by atoms with Crippen molar-refractivity contribution in [2.24, 2.45) is 0 Å². The van der Waals surface area contributed by atoms with Gasteiger partial charge in [0.1, 0.15) is 0 Å². The fourth-order valence-corrected chi connectivity index (χ4v) is 1.97. The molecule has 1 heterocycles. The summed E-state index contributed by atoms with van der Waals surface area (Å²) in [6.07, 6.45) is 1.83. The third-order valence-corrected chi connectivity index (χ3v) is 2.96. The maximum atomic E-state index is 4.35. The molecule has 1 aromatic carbocycles. The zero-order valence-electron chi connectivity index (χ0n) is 10.8. The van der Waals surface area contributed by atoms with E-state index in [1.54, 1.807) is 0 Å². The van der Waals surface area contributed by atoms with E-state index in [1.807, 2.05) is 24.4 Å². The first kappa shape index (κ1) is 14.7. The number of benzene rings is 1. The number of aromatic nitrogens is 1. The molecule has 2 aromatic rings. The van der Waals surface area contributed by atoms with Crippen LogP contribution in [0.3, 0.4) is 0 Å². The molecule has 18 heavy (non-hydrogen) atoms. The van der Waals surface area contributed by atoms with E-state index in [4.69, 9.17) is 0 Å². The molecule has 0 atom stereocenters. The highest BCUT2D eigenvalue weighted by Crippen LogP contribution is 2.21. The molecule has 0 aliphatic rings.